The predicted octanol–water partition coefficient (Wildman–Crippen LogP) is 2.58. The highest BCUT2D eigenvalue weighted by Gasteiger charge is 2.43. The molecule has 0 aromatic carbocycles. The number of carboxylic acids is 1. The molecule has 3 nitrogen and oxygen atoms in total. The summed E-state index contributed by atoms with van der Waals surface area (Å²) >= 11 is 7.22. The summed E-state index contributed by atoms with van der Waals surface area (Å²) in [6, 6.07) is 1.80. The molecule has 1 atom stereocenters. The molecule has 1 fully saturated rings. The van der Waals surface area contributed by atoms with Gasteiger partial charge in [-0.15, -0.1) is 11.3 Å². The van der Waals surface area contributed by atoms with E-state index in [1.54, 1.807) is 6.07 Å². The van der Waals surface area contributed by atoms with E-state index in [-0.39, 0.29) is 0 Å². The number of ether oxygens (including phenoxy) is 1. The highest BCUT2D eigenvalue weighted by Crippen LogP contribution is 2.32. The molecule has 1 unspecified atom stereocenters. The predicted molar refractivity (Wildman–Crippen MR) is 58.6 cm³/mol. The van der Waals surface area contributed by atoms with E-state index in [4.69, 9.17) is 16.3 Å². The van der Waals surface area contributed by atoms with Crippen LogP contribution in [-0.4, -0.2) is 23.3 Å². The molecular weight excluding hydrogens is 236 g/mol. The Kier molecular flexibility index (Phi) is 3.00. The second-order valence-corrected chi connectivity index (χ2v) is 5.23. The van der Waals surface area contributed by atoms with Gasteiger partial charge in [0.25, 0.3) is 0 Å². The Morgan fingerprint density at radius 1 is 1.73 bits per heavy atom. The molecule has 82 valence electrons. The van der Waals surface area contributed by atoms with Gasteiger partial charge in [-0.3, -0.25) is 0 Å². The molecule has 0 saturated carbocycles. The first kappa shape index (κ1) is 10.9. The van der Waals surface area contributed by atoms with Gasteiger partial charge in [0.05, 0.1) is 4.34 Å². The van der Waals surface area contributed by atoms with Crippen LogP contribution in [0.15, 0.2) is 11.4 Å². The van der Waals surface area contributed by atoms with E-state index < -0.39 is 11.6 Å². The second kappa shape index (κ2) is 4.12. The second-order valence-electron chi connectivity index (χ2n) is 3.69. The zero-order chi connectivity index (χ0) is 10.9. The largest absolute Gasteiger partial charge is 0.479 e. The van der Waals surface area contributed by atoms with Crippen molar-refractivity contribution in [3.05, 3.63) is 21.3 Å². The molecular formula is C10H11ClO3S. The van der Waals surface area contributed by atoms with E-state index in [2.05, 4.69) is 0 Å². The van der Waals surface area contributed by atoms with Crippen molar-refractivity contribution in [2.75, 3.05) is 6.61 Å². The molecule has 0 spiro atoms. The van der Waals surface area contributed by atoms with E-state index in [1.165, 1.54) is 11.3 Å². The molecule has 15 heavy (non-hydrogen) atoms. The summed E-state index contributed by atoms with van der Waals surface area (Å²) in [4.78, 5) is 11.2. The quantitative estimate of drug-likeness (QED) is 0.892. The standard InChI is InChI=1S/C10H11ClO3S/c11-8-4-7(6-15-8)5-10(9(12)13)2-1-3-14-10/h4,6H,1-3,5H2,(H,12,13). The fourth-order valence-electron chi connectivity index (χ4n) is 1.85. The summed E-state index contributed by atoms with van der Waals surface area (Å²) in [7, 11) is 0. The Morgan fingerprint density at radius 2 is 2.53 bits per heavy atom. The molecule has 1 aliphatic heterocycles. The van der Waals surface area contributed by atoms with Gasteiger partial charge >= 0.3 is 5.97 Å². The number of carbonyl (C=O) groups is 1. The molecule has 2 rings (SSSR count). The summed E-state index contributed by atoms with van der Waals surface area (Å²) in [6.45, 7) is 0.532. The van der Waals surface area contributed by atoms with E-state index in [1.807, 2.05) is 5.38 Å². The summed E-state index contributed by atoms with van der Waals surface area (Å²) in [5.41, 5.74) is -0.0842. The van der Waals surface area contributed by atoms with Crippen molar-refractivity contribution < 1.29 is 14.6 Å². The molecule has 1 aromatic heterocycles. The number of rotatable bonds is 3. The highest BCUT2D eigenvalue weighted by atomic mass is 35.5. The average molecular weight is 247 g/mol. The van der Waals surface area contributed by atoms with Crippen molar-refractivity contribution in [3.8, 4) is 0 Å². The summed E-state index contributed by atoms with van der Waals surface area (Å²) < 4.78 is 6.06. The minimum absolute atomic E-state index is 0.408. The third kappa shape index (κ3) is 2.17. The summed E-state index contributed by atoms with van der Waals surface area (Å²) in [5, 5.41) is 11.1. The van der Waals surface area contributed by atoms with Gasteiger partial charge < -0.3 is 9.84 Å². The Morgan fingerprint density at radius 3 is 3.00 bits per heavy atom. The number of hydrogen-bond acceptors (Lipinski definition) is 3. The highest BCUT2D eigenvalue weighted by molar-refractivity contribution is 7.14. The lowest BCUT2D eigenvalue weighted by molar-refractivity contribution is -0.159. The first-order chi connectivity index (χ1) is 7.12. The van der Waals surface area contributed by atoms with Crippen molar-refractivity contribution in [3.63, 3.8) is 0 Å². The average Bonchev–Trinajstić information content (AvgIpc) is 2.77. The van der Waals surface area contributed by atoms with Gasteiger partial charge in [0.2, 0.25) is 0 Å². The van der Waals surface area contributed by atoms with Crippen LogP contribution >= 0.6 is 22.9 Å². The molecule has 1 N–H and O–H groups in total. The third-order valence-corrected chi connectivity index (χ3v) is 3.74. The van der Waals surface area contributed by atoms with Gasteiger partial charge in [-0.1, -0.05) is 11.6 Å². The van der Waals surface area contributed by atoms with Crippen LogP contribution in [0.25, 0.3) is 0 Å². The summed E-state index contributed by atoms with van der Waals surface area (Å²) in [6.07, 6.45) is 1.80. The minimum Gasteiger partial charge on any atom is -0.479 e. The van der Waals surface area contributed by atoms with Crippen LogP contribution in [0, 0.1) is 0 Å². The lowest BCUT2D eigenvalue weighted by atomic mass is 9.93. The maximum absolute atomic E-state index is 11.2. The maximum atomic E-state index is 11.2. The molecule has 2 heterocycles. The Bertz CT molecular complexity index is 368. The fourth-order valence-corrected chi connectivity index (χ4v) is 2.76. The van der Waals surface area contributed by atoms with Gasteiger partial charge in [0.15, 0.2) is 5.60 Å². The van der Waals surface area contributed by atoms with Crippen molar-refractivity contribution >= 4 is 28.9 Å². The van der Waals surface area contributed by atoms with Crippen LogP contribution in [-0.2, 0) is 16.0 Å². The van der Waals surface area contributed by atoms with Crippen LogP contribution in [0.2, 0.25) is 4.34 Å². The van der Waals surface area contributed by atoms with Crippen LogP contribution in [0.3, 0.4) is 0 Å². The van der Waals surface area contributed by atoms with Gasteiger partial charge in [0.1, 0.15) is 0 Å². The van der Waals surface area contributed by atoms with Gasteiger partial charge in [-0.2, -0.15) is 0 Å². The first-order valence-corrected chi connectivity index (χ1v) is 5.98. The number of carboxylic acid groups (broad SMARTS) is 1. The monoisotopic (exact) mass is 246 g/mol. The lowest BCUT2D eigenvalue weighted by Gasteiger charge is -2.22. The number of hydrogen-bond donors (Lipinski definition) is 1. The molecule has 0 bridgehead atoms. The smallest absolute Gasteiger partial charge is 0.336 e. The number of halogens is 1. The van der Waals surface area contributed by atoms with Gasteiger partial charge in [0, 0.05) is 13.0 Å². The Balaban J connectivity index is 2.17. The number of aliphatic carboxylic acids is 1. The van der Waals surface area contributed by atoms with Gasteiger partial charge in [-0.25, -0.2) is 4.79 Å². The molecule has 1 aliphatic rings. The molecule has 0 aliphatic carbocycles. The van der Waals surface area contributed by atoms with Crippen LogP contribution in [0.1, 0.15) is 18.4 Å². The van der Waals surface area contributed by atoms with Crippen molar-refractivity contribution in [1.82, 2.24) is 0 Å². The summed E-state index contributed by atoms with van der Waals surface area (Å²) in [5.74, 6) is -0.873. The lowest BCUT2D eigenvalue weighted by Crippen LogP contribution is -2.39. The van der Waals surface area contributed by atoms with E-state index in [0.29, 0.717) is 23.8 Å². The zero-order valence-electron chi connectivity index (χ0n) is 8.03. The van der Waals surface area contributed by atoms with Gasteiger partial charge in [-0.05, 0) is 29.9 Å². The van der Waals surface area contributed by atoms with E-state index in [0.717, 1.165) is 12.0 Å². The van der Waals surface area contributed by atoms with Crippen LogP contribution in [0.4, 0.5) is 0 Å². The normalized spacial score (nSPS) is 25.7. The minimum atomic E-state index is -1.02. The van der Waals surface area contributed by atoms with Crippen molar-refractivity contribution in [1.29, 1.82) is 0 Å². The van der Waals surface area contributed by atoms with E-state index in [9.17, 15) is 9.90 Å². The fraction of sp³-hybridized carbons (Fsp3) is 0.500. The first-order valence-electron chi connectivity index (χ1n) is 4.73. The molecule has 1 aromatic rings. The zero-order valence-corrected chi connectivity index (χ0v) is 9.61. The van der Waals surface area contributed by atoms with E-state index >= 15 is 0 Å². The molecule has 0 radical (unpaired) electrons. The Labute approximate surface area is 96.6 Å². The van der Waals surface area contributed by atoms with Crippen molar-refractivity contribution in [2.45, 2.75) is 24.9 Å². The maximum Gasteiger partial charge on any atom is 0.336 e. The molecule has 0 amide bonds. The molecule has 5 heteroatoms. The Hall–Kier alpha value is -0.580. The molecule has 1 saturated heterocycles. The topological polar surface area (TPSA) is 46.5 Å². The number of thiophene rings is 1. The van der Waals surface area contributed by atoms with Crippen LogP contribution in [0.5, 0.6) is 0 Å². The van der Waals surface area contributed by atoms with Crippen LogP contribution < -0.4 is 0 Å². The third-order valence-electron chi connectivity index (χ3n) is 2.60. The SMILES string of the molecule is O=C(O)C1(Cc2csc(Cl)c2)CCCO1. The van der Waals surface area contributed by atoms with Crippen molar-refractivity contribution in [2.24, 2.45) is 0 Å².